The summed E-state index contributed by atoms with van der Waals surface area (Å²) in [7, 11) is 0. The molecule has 1 heterocycles. The minimum atomic E-state index is 0.752. The van der Waals surface area contributed by atoms with Crippen LogP contribution >= 0.6 is 11.6 Å². The smallest absolute Gasteiger partial charge is 0.124 e. The summed E-state index contributed by atoms with van der Waals surface area (Å²) in [6, 6.07) is 5.93. The van der Waals surface area contributed by atoms with Gasteiger partial charge in [-0.1, -0.05) is 37.4 Å². The van der Waals surface area contributed by atoms with E-state index in [0.29, 0.717) is 0 Å². The first-order valence-electron chi connectivity index (χ1n) is 7.43. The van der Waals surface area contributed by atoms with E-state index < -0.39 is 0 Å². The highest BCUT2D eigenvalue weighted by molar-refractivity contribution is 6.30. The minimum absolute atomic E-state index is 0.752. The fraction of sp³-hybridized carbons (Fsp3) is 0.625. The molecule has 0 amide bonds. The summed E-state index contributed by atoms with van der Waals surface area (Å²) in [5.74, 6) is 0.949. The van der Waals surface area contributed by atoms with Crippen molar-refractivity contribution in [3.8, 4) is 5.75 Å². The maximum absolute atomic E-state index is 6.03. The van der Waals surface area contributed by atoms with E-state index in [0.717, 1.165) is 30.3 Å². The van der Waals surface area contributed by atoms with E-state index in [2.05, 4.69) is 17.9 Å². The Morgan fingerprint density at radius 2 is 1.89 bits per heavy atom. The number of hydrogen-bond acceptors (Lipinski definition) is 2. The molecule has 0 aliphatic carbocycles. The molecule has 1 fully saturated rings. The van der Waals surface area contributed by atoms with Crippen LogP contribution in [0.2, 0.25) is 5.02 Å². The number of likely N-dealkylation sites (tertiary alicyclic amines) is 1. The highest BCUT2D eigenvalue weighted by Gasteiger charge is 2.09. The zero-order valence-corrected chi connectivity index (χ0v) is 12.6. The maximum atomic E-state index is 6.03. The molecule has 0 unspecified atom stereocenters. The van der Waals surface area contributed by atoms with Gasteiger partial charge in [-0.3, -0.25) is 4.90 Å². The van der Waals surface area contributed by atoms with Crippen molar-refractivity contribution in [1.29, 1.82) is 0 Å². The molecule has 0 saturated carbocycles. The van der Waals surface area contributed by atoms with Crippen LogP contribution in [0.4, 0.5) is 0 Å². The van der Waals surface area contributed by atoms with Crippen molar-refractivity contribution in [2.75, 3.05) is 26.2 Å². The first-order valence-corrected chi connectivity index (χ1v) is 7.81. The third-order valence-electron chi connectivity index (χ3n) is 3.77. The van der Waals surface area contributed by atoms with Crippen molar-refractivity contribution in [3.63, 3.8) is 0 Å². The molecule has 106 valence electrons. The monoisotopic (exact) mass is 281 g/mol. The second-order valence-electron chi connectivity index (χ2n) is 5.21. The van der Waals surface area contributed by atoms with Gasteiger partial charge in [-0.15, -0.1) is 0 Å². The molecule has 0 bridgehead atoms. The summed E-state index contributed by atoms with van der Waals surface area (Å²) in [5.41, 5.74) is 1.24. The fourth-order valence-electron chi connectivity index (χ4n) is 2.60. The molecule has 1 aromatic carbocycles. The Hall–Kier alpha value is -0.730. The van der Waals surface area contributed by atoms with Gasteiger partial charge in [0, 0.05) is 11.6 Å². The molecule has 2 nitrogen and oxygen atoms in total. The van der Waals surface area contributed by atoms with Crippen LogP contribution in [-0.4, -0.2) is 31.1 Å². The average Bonchev–Trinajstić information content (AvgIpc) is 2.68. The van der Waals surface area contributed by atoms with Gasteiger partial charge in [0.25, 0.3) is 0 Å². The van der Waals surface area contributed by atoms with Crippen LogP contribution < -0.4 is 4.74 Å². The zero-order valence-electron chi connectivity index (χ0n) is 11.8. The minimum Gasteiger partial charge on any atom is -0.492 e. The standard InChI is InChI=1S/C16H24ClNO/c1-2-14-7-8-15(17)13-16(14)19-12-11-18-9-5-3-4-6-10-18/h7-8,13H,2-6,9-12H2,1H3. The number of aryl methyl sites for hydroxylation is 1. The van der Waals surface area contributed by atoms with E-state index in [9.17, 15) is 0 Å². The molecule has 1 aromatic rings. The van der Waals surface area contributed by atoms with Crippen LogP contribution in [0.3, 0.4) is 0 Å². The SMILES string of the molecule is CCc1ccc(Cl)cc1OCCN1CCCCCC1. The van der Waals surface area contributed by atoms with Crippen LogP contribution in [0.15, 0.2) is 18.2 Å². The molecule has 0 aromatic heterocycles. The van der Waals surface area contributed by atoms with Gasteiger partial charge in [0.15, 0.2) is 0 Å². The molecule has 1 aliphatic rings. The quantitative estimate of drug-likeness (QED) is 0.804. The highest BCUT2D eigenvalue weighted by Crippen LogP contribution is 2.23. The van der Waals surface area contributed by atoms with Crippen LogP contribution in [0.5, 0.6) is 5.75 Å². The van der Waals surface area contributed by atoms with Gasteiger partial charge in [-0.25, -0.2) is 0 Å². The summed E-state index contributed by atoms with van der Waals surface area (Å²) in [5, 5.41) is 0.752. The fourth-order valence-corrected chi connectivity index (χ4v) is 2.76. The maximum Gasteiger partial charge on any atom is 0.124 e. The van der Waals surface area contributed by atoms with Gasteiger partial charge in [-0.2, -0.15) is 0 Å². The van der Waals surface area contributed by atoms with Crippen LogP contribution in [0.1, 0.15) is 38.2 Å². The van der Waals surface area contributed by atoms with E-state index >= 15 is 0 Å². The molecular formula is C16H24ClNO. The van der Waals surface area contributed by atoms with Crippen molar-refractivity contribution in [1.82, 2.24) is 4.90 Å². The second-order valence-corrected chi connectivity index (χ2v) is 5.65. The first-order chi connectivity index (χ1) is 9.29. The van der Waals surface area contributed by atoms with Crippen molar-refractivity contribution in [2.24, 2.45) is 0 Å². The molecular weight excluding hydrogens is 258 g/mol. The number of rotatable bonds is 5. The third kappa shape index (κ3) is 4.70. The Labute approximate surface area is 121 Å². The Morgan fingerprint density at radius 3 is 2.58 bits per heavy atom. The molecule has 3 heteroatoms. The zero-order chi connectivity index (χ0) is 13.5. The van der Waals surface area contributed by atoms with Gasteiger partial charge >= 0.3 is 0 Å². The number of ether oxygens (including phenoxy) is 1. The molecule has 1 aliphatic heterocycles. The highest BCUT2D eigenvalue weighted by atomic mass is 35.5. The van der Waals surface area contributed by atoms with Gasteiger partial charge in [-0.05, 0) is 50.0 Å². The largest absolute Gasteiger partial charge is 0.492 e. The number of hydrogen-bond donors (Lipinski definition) is 0. The Kier molecular flexibility index (Phi) is 5.99. The lowest BCUT2D eigenvalue weighted by molar-refractivity contribution is 0.213. The van der Waals surface area contributed by atoms with Crippen molar-refractivity contribution >= 4 is 11.6 Å². The lowest BCUT2D eigenvalue weighted by Crippen LogP contribution is -2.29. The molecule has 0 atom stereocenters. The number of nitrogens with zero attached hydrogens (tertiary/aromatic N) is 1. The predicted molar refractivity (Wildman–Crippen MR) is 81.2 cm³/mol. The molecule has 0 N–H and O–H groups in total. The molecule has 0 spiro atoms. The van der Waals surface area contributed by atoms with Crippen molar-refractivity contribution < 1.29 is 4.74 Å². The van der Waals surface area contributed by atoms with E-state index in [1.54, 1.807) is 0 Å². The van der Waals surface area contributed by atoms with Crippen LogP contribution in [-0.2, 0) is 6.42 Å². The summed E-state index contributed by atoms with van der Waals surface area (Å²) in [6.45, 7) is 6.37. The van der Waals surface area contributed by atoms with Crippen molar-refractivity contribution in [3.05, 3.63) is 28.8 Å². The topological polar surface area (TPSA) is 12.5 Å². The van der Waals surface area contributed by atoms with E-state index in [1.807, 2.05) is 12.1 Å². The van der Waals surface area contributed by atoms with Gasteiger partial charge in [0.1, 0.15) is 12.4 Å². The van der Waals surface area contributed by atoms with E-state index in [1.165, 1.54) is 44.3 Å². The lowest BCUT2D eigenvalue weighted by atomic mass is 10.1. The van der Waals surface area contributed by atoms with E-state index in [4.69, 9.17) is 16.3 Å². The Balaban J connectivity index is 1.82. The van der Waals surface area contributed by atoms with Crippen LogP contribution in [0, 0.1) is 0 Å². The number of benzene rings is 1. The van der Waals surface area contributed by atoms with Gasteiger partial charge in [0.05, 0.1) is 0 Å². The van der Waals surface area contributed by atoms with Gasteiger partial charge < -0.3 is 4.74 Å². The first kappa shape index (κ1) is 14.7. The number of halogens is 1. The molecule has 0 radical (unpaired) electrons. The van der Waals surface area contributed by atoms with Crippen LogP contribution in [0.25, 0.3) is 0 Å². The molecule has 1 saturated heterocycles. The molecule has 19 heavy (non-hydrogen) atoms. The molecule has 2 rings (SSSR count). The average molecular weight is 282 g/mol. The van der Waals surface area contributed by atoms with Crippen molar-refractivity contribution in [2.45, 2.75) is 39.0 Å². The summed E-state index contributed by atoms with van der Waals surface area (Å²) >= 11 is 6.03. The Bertz CT molecular complexity index is 386. The second kappa shape index (κ2) is 7.76. The third-order valence-corrected chi connectivity index (χ3v) is 4.01. The summed E-state index contributed by atoms with van der Waals surface area (Å²) in [4.78, 5) is 2.52. The predicted octanol–water partition coefficient (Wildman–Crippen LogP) is 4.16. The summed E-state index contributed by atoms with van der Waals surface area (Å²) in [6.07, 6.45) is 6.40. The normalized spacial score (nSPS) is 17.2. The summed E-state index contributed by atoms with van der Waals surface area (Å²) < 4.78 is 5.93. The van der Waals surface area contributed by atoms with E-state index in [-0.39, 0.29) is 0 Å². The lowest BCUT2D eigenvalue weighted by Gasteiger charge is -2.20. The van der Waals surface area contributed by atoms with Gasteiger partial charge in [0.2, 0.25) is 0 Å². The Morgan fingerprint density at radius 1 is 1.16 bits per heavy atom.